The van der Waals surface area contributed by atoms with Crippen molar-refractivity contribution in [3.8, 4) is 0 Å². The van der Waals surface area contributed by atoms with Gasteiger partial charge in [-0.2, -0.15) is 0 Å². The maximum atomic E-state index is 13.5. The highest BCUT2D eigenvalue weighted by molar-refractivity contribution is 6.04. The van der Waals surface area contributed by atoms with E-state index in [1.54, 1.807) is 36.4 Å². The van der Waals surface area contributed by atoms with Gasteiger partial charge in [-0.3, -0.25) is 9.59 Å². The summed E-state index contributed by atoms with van der Waals surface area (Å²) in [5.41, 5.74) is 1.17. The SMILES string of the molecule is COC(=O)c1cccc(NC(=O)CC(=O)NCCc2ccccc2F)c1. The number of anilines is 1. The highest BCUT2D eigenvalue weighted by Crippen LogP contribution is 2.12. The van der Waals surface area contributed by atoms with Crippen molar-refractivity contribution in [3.63, 3.8) is 0 Å². The summed E-state index contributed by atoms with van der Waals surface area (Å²) < 4.78 is 18.1. The topological polar surface area (TPSA) is 84.5 Å². The van der Waals surface area contributed by atoms with Crippen molar-refractivity contribution in [3.05, 3.63) is 65.5 Å². The van der Waals surface area contributed by atoms with Gasteiger partial charge in [-0.05, 0) is 36.2 Å². The fourth-order valence-electron chi connectivity index (χ4n) is 2.29. The lowest BCUT2D eigenvalue weighted by molar-refractivity contribution is -0.126. The van der Waals surface area contributed by atoms with E-state index in [2.05, 4.69) is 15.4 Å². The van der Waals surface area contributed by atoms with Crippen molar-refractivity contribution in [2.24, 2.45) is 0 Å². The highest BCUT2D eigenvalue weighted by atomic mass is 19.1. The maximum absolute atomic E-state index is 13.5. The van der Waals surface area contributed by atoms with Crippen LogP contribution >= 0.6 is 0 Å². The summed E-state index contributed by atoms with van der Waals surface area (Å²) in [7, 11) is 1.26. The monoisotopic (exact) mass is 358 g/mol. The van der Waals surface area contributed by atoms with Crippen LogP contribution in [0.15, 0.2) is 48.5 Å². The minimum Gasteiger partial charge on any atom is -0.465 e. The summed E-state index contributed by atoms with van der Waals surface area (Å²) in [4.78, 5) is 35.2. The number of benzene rings is 2. The molecule has 2 amide bonds. The van der Waals surface area contributed by atoms with E-state index in [-0.39, 0.29) is 18.8 Å². The van der Waals surface area contributed by atoms with Gasteiger partial charge in [0.25, 0.3) is 0 Å². The first kappa shape index (κ1) is 19.1. The molecule has 0 aromatic heterocycles. The molecule has 2 rings (SSSR count). The van der Waals surface area contributed by atoms with Crippen molar-refractivity contribution in [1.29, 1.82) is 0 Å². The molecule has 7 heteroatoms. The molecule has 2 N–H and O–H groups in total. The Morgan fingerprint density at radius 1 is 1.04 bits per heavy atom. The van der Waals surface area contributed by atoms with E-state index in [0.29, 0.717) is 23.2 Å². The summed E-state index contributed by atoms with van der Waals surface area (Å²) >= 11 is 0. The minimum absolute atomic E-state index is 0.227. The first-order chi connectivity index (χ1) is 12.5. The van der Waals surface area contributed by atoms with Crippen LogP contribution in [0.3, 0.4) is 0 Å². The Labute approximate surface area is 150 Å². The molecule has 0 bridgehead atoms. The number of halogens is 1. The van der Waals surface area contributed by atoms with Crippen LogP contribution in [-0.4, -0.2) is 31.4 Å². The van der Waals surface area contributed by atoms with Crippen molar-refractivity contribution < 1.29 is 23.5 Å². The minimum atomic E-state index is -0.521. The van der Waals surface area contributed by atoms with Crippen molar-refractivity contribution in [1.82, 2.24) is 5.32 Å². The van der Waals surface area contributed by atoms with Gasteiger partial charge >= 0.3 is 5.97 Å². The first-order valence-corrected chi connectivity index (χ1v) is 7.98. The number of methoxy groups -OCH3 is 1. The second-order valence-corrected chi connectivity index (χ2v) is 5.49. The third-order valence-electron chi connectivity index (χ3n) is 3.56. The van der Waals surface area contributed by atoms with Gasteiger partial charge in [0, 0.05) is 12.2 Å². The third-order valence-corrected chi connectivity index (χ3v) is 3.56. The number of carbonyl (C=O) groups excluding carboxylic acids is 3. The fraction of sp³-hybridized carbons (Fsp3) is 0.211. The summed E-state index contributed by atoms with van der Waals surface area (Å²) in [6, 6.07) is 12.5. The van der Waals surface area contributed by atoms with Gasteiger partial charge in [0.05, 0.1) is 12.7 Å². The second kappa shape index (κ2) is 9.31. The van der Waals surface area contributed by atoms with Gasteiger partial charge in [-0.25, -0.2) is 9.18 Å². The number of esters is 1. The zero-order chi connectivity index (χ0) is 18.9. The molecule has 136 valence electrons. The lowest BCUT2D eigenvalue weighted by atomic mass is 10.1. The predicted octanol–water partition coefficient (Wildman–Crippen LogP) is 2.30. The van der Waals surface area contributed by atoms with E-state index in [9.17, 15) is 18.8 Å². The molecule has 0 saturated carbocycles. The molecule has 0 saturated heterocycles. The maximum Gasteiger partial charge on any atom is 0.337 e. The smallest absolute Gasteiger partial charge is 0.337 e. The number of hydrogen-bond donors (Lipinski definition) is 2. The lowest BCUT2D eigenvalue weighted by Gasteiger charge is -2.08. The molecule has 2 aromatic carbocycles. The van der Waals surface area contributed by atoms with Crippen LogP contribution in [0.5, 0.6) is 0 Å². The number of ether oxygens (including phenoxy) is 1. The Bertz CT molecular complexity index is 808. The van der Waals surface area contributed by atoms with E-state index < -0.39 is 17.8 Å². The van der Waals surface area contributed by atoms with Crippen LogP contribution in [0.4, 0.5) is 10.1 Å². The van der Waals surface area contributed by atoms with Crippen LogP contribution in [-0.2, 0) is 20.7 Å². The quantitative estimate of drug-likeness (QED) is 0.588. The molecular weight excluding hydrogens is 339 g/mol. The summed E-state index contributed by atoms with van der Waals surface area (Å²) in [5.74, 6) is -1.84. The Hall–Kier alpha value is -3.22. The molecule has 0 aliphatic rings. The number of rotatable bonds is 7. The molecule has 0 spiro atoms. The van der Waals surface area contributed by atoms with Gasteiger partial charge in [-0.15, -0.1) is 0 Å². The molecule has 0 heterocycles. The summed E-state index contributed by atoms with van der Waals surface area (Å²) in [6.45, 7) is 0.227. The third kappa shape index (κ3) is 5.70. The molecule has 0 fully saturated rings. The van der Waals surface area contributed by atoms with Crippen LogP contribution < -0.4 is 10.6 Å². The average molecular weight is 358 g/mol. The Balaban J connectivity index is 1.79. The van der Waals surface area contributed by atoms with E-state index in [4.69, 9.17) is 0 Å². The van der Waals surface area contributed by atoms with Crippen molar-refractivity contribution in [2.45, 2.75) is 12.8 Å². The van der Waals surface area contributed by atoms with Crippen molar-refractivity contribution in [2.75, 3.05) is 19.0 Å². The second-order valence-electron chi connectivity index (χ2n) is 5.49. The van der Waals surface area contributed by atoms with E-state index in [0.717, 1.165) is 0 Å². The molecule has 0 radical (unpaired) electrons. The Morgan fingerprint density at radius 2 is 1.81 bits per heavy atom. The van der Waals surface area contributed by atoms with Crippen LogP contribution in [0, 0.1) is 5.82 Å². The average Bonchev–Trinajstić information content (AvgIpc) is 2.62. The fourth-order valence-corrected chi connectivity index (χ4v) is 2.29. The van der Waals surface area contributed by atoms with Crippen LogP contribution in [0.1, 0.15) is 22.3 Å². The standard InChI is InChI=1S/C19H19FN2O4/c1-26-19(25)14-6-4-7-15(11-14)22-18(24)12-17(23)21-10-9-13-5-2-3-8-16(13)20/h2-8,11H,9-10,12H2,1H3,(H,21,23)(H,22,24). The van der Waals surface area contributed by atoms with E-state index in [1.807, 2.05) is 0 Å². The normalized spacial score (nSPS) is 10.1. The van der Waals surface area contributed by atoms with Gasteiger partial charge in [-0.1, -0.05) is 24.3 Å². The number of nitrogens with one attached hydrogen (secondary N) is 2. The number of carbonyl (C=O) groups is 3. The predicted molar refractivity (Wildman–Crippen MR) is 94.1 cm³/mol. The molecule has 0 aliphatic carbocycles. The highest BCUT2D eigenvalue weighted by Gasteiger charge is 2.11. The van der Waals surface area contributed by atoms with Gasteiger partial charge in [0.1, 0.15) is 12.2 Å². The van der Waals surface area contributed by atoms with Crippen LogP contribution in [0.2, 0.25) is 0 Å². The Morgan fingerprint density at radius 3 is 2.54 bits per heavy atom. The van der Waals surface area contributed by atoms with Gasteiger partial charge < -0.3 is 15.4 Å². The molecule has 6 nitrogen and oxygen atoms in total. The van der Waals surface area contributed by atoms with Gasteiger partial charge in [0.2, 0.25) is 11.8 Å². The molecular formula is C19H19FN2O4. The van der Waals surface area contributed by atoms with E-state index >= 15 is 0 Å². The largest absolute Gasteiger partial charge is 0.465 e. The molecule has 26 heavy (non-hydrogen) atoms. The van der Waals surface area contributed by atoms with Crippen LogP contribution in [0.25, 0.3) is 0 Å². The Kier molecular flexibility index (Phi) is 6.84. The number of amides is 2. The zero-order valence-electron chi connectivity index (χ0n) is 14.3. The summed E-state index contributed by atoms with van der Waals surface area (Å²) in [6.07, 6.45) is -0.0407. The van der Waals surface area contributed by atoms with Gasteiger partial charge in [0.15, 0.2) is 0 Å². The van der Waals surface area contributed by atoms with E-state index in [1.165, 1.54) is 19.2 Å². The number of hydrogen-bond acceptors (Lipinski definition) is 4. The summed E-state index contributed by atoms with van der Waals surface area (Å²) in [5, 5.41) is 5.12. The van der Waals surface area contributed by atoms with Crippen molar-refractivity contribution >= 4 is 23.5 Å². The molecule has 0 atom stereocenters. The lowest BCUT2D eigenvalue weighted by Crippen LogP contribution is -2.29. The molecule has 2 aromatic rings. The first-order valence-electron chi connectivity index (χ1n) is 7.98. The zero-order valence-corrected chi connectivity index (χ0v) is 14.3. The molecule has 0 unspecified atom stereocenters. The molecule has 0 aliphatic heterocycles.